The molecule has 2 atom stereocenters. The van der Waals surface area contributed by atoms with Crippen molar-refractivity contribution in [3.05, 3.63) is 0 Å². The van der Waals surface area contributed by atoms with Crippen LogP contribution in [0.4, 0.5) is 0 Å². The first kappa shape index (κ1) is 10.4. The van der Waals surface area contributed by atoms with Crippen molar-refractivity contribution in [3.63, 3.8) is 0 Å². The molecule has 82 valence electrons. The zero-order valence-corrected chi connectivity index (χ0v) is 9.63. The Morgan fingerprint density at radius 2 is 2.21 bits per heavy atom. The van der Waals surface area contributed by atoms with Crippen LogP contribution in [0.15, 0.2) is 0 Å². The molecule has 0 aliphatic carbocycles. The predicted molar refractivity (Wildman–Crippen MR) is 60.4 cm³/mol. The molecule has 2 saturated heterocycles. The van der Waals surface area contributed by atoms with Crippen LogP contribution in [0.25, 0.3) is 0 Å². The monoisotopic (exact) mass is 196 g/mol. The maximum Gasteiger partial charge on any atom is 0.0120 e. The SMILES string of the molecule is CC(C)CN1CC[C@@H]2NCCC[C@@H]2C1. The van der Waals surface area contributed by atoms with Crippen LogP contribution < -0.4 is 5.32 Å². The summed E-state index contributed by atoms with van der Waals surface area (Å²) >= 11 is 0. The molecule has 2 aliphatic rings. The quantitative estimate of drug-likeness (QED) is 0.723. The molecule has 0 amide bonds. The molecule has 0 unspecified atom stereocenters. The third kappa shape index (κ3) is 2.48. The minimum atomic E-state index is 0.822. The first-order valence-corrected chi connectivity index (χ1v) is 6.21. The summed E-state index contributed by atoms with van der Waals surface area (Å²) in [6.07, 6.45) is 4.21. The van der Waals surface area contributed by atoms with Crippen LogP contribution >= 0.6 is 0 Å². The predicted octanol–water partition coefficient (Wildman–Crippen LogP) is 1.72. The van der Waals surface area contributed by atoms with Crippen molar-refractivity contribution in [2.24, 2.45) is 11.8 Å². The van der Waals surface area contributed by atoms with Crippen LogP contribution in [-0.2, 0) is 0 Å². The van der Waals surface area contributed by atoms with E-state index in [1.807, 2.05) is 0 Å². The highest BCUT2D eigenvalue weighted by atomic mass is 15.2. The molecular weight excluding hydrogens is 172 g/mol. The van der Waals surface area contributed by atoms with E-state index in [-0.39, 0.29) is 0 Å². The lowest BCUT2D eigenvalue weighted by molar-refractivity contribution is 0.105. The van der Waals surface area contributed by atoms with Crippen LogP contribution in [0.5, 0.6) is 0 Å². The minimum absolute atomic E-state index is 0.822. The normalized spacial score (nSPS) is 34.5. The summed E-state index contributed by atoms with van der Waals surface area (Å²) in [4.78, 5) is 2.67. The lowest BCUT2D eigenvalue weighted by Gasteiger charge is -2.42. The van der Waals surface area contributed by atoms with Crippen molar-refractivity contribution in [2.75, 3.05) is 26.2 Å². The van der Waals surface area contributed by atoms with Gasteiger partial charge in [-0.05, 0) is 44.2 Å². The first-order chi connectivity index (χ1) is 6.75. The maximum atomic E-state index is 3.67. The third-order valence-electron chi connectivity index (χ3n) is 3.60. The van der Waals surface area contributed by atoms with Crippen molar-refractivity contribution < 1.29 is 0 Å². The Morgan fingerprint density at radius 1 is 1.36 bits per heavy atom. The molecule has 0 aromatic carbocycles. The van der Waals surface area contributed by atoms with Gasteiger partial charge in [0.05, 0.1) is 0 Å². The average molecular weight is 196 g/mol. The Morgan fingerprint density at radius 3 is 3.00 bits per heavy atom. The van der Waals surface area contributed by atoms with Crippen LogP contribution in [0.3, 0.4) is 0 Å². The third-order valence-corrected chi connectivity index (χ3v) is 3.60. The van der Waals surface area contributed by atoms with Gasteiger partial charge >= 0.3 is 0 Å². The first-order valence-electron chi connectivity index (χ1n) is 6.21. The highest BCUT2D eigenvalue weighted by molar-refractivity contribution is 4.88. The highest BCUT2D eigenvalue weighted by Crippen LogP contribution is 2.25. The van der Waals surface area contributed by atoms with Crippen molar-refractivity contribution in [2.45, 2.75) is 39.2 Å². The van der Waals surface area contributed by atoms with Crippen molar-refractivity contribution in [3.8, 4) is 0 Å². The largest absolute Gasteiger partial charge is 0.314 e. The van der Waals surface area contributed by atoms with Gasteiger partial charge in [0.25, 0.3) is 0 Å². The molecule has 0 aromatic heterocycles. The fourth-order valence-electron chi connectivity index (χ4n) is 3.00. The van der Waals surface area contributed by atoms with E-state index in [0.717, 1.165) is 17.9 Å². The maximum absolute atomic E-state index is 3.67. The summed E-state index contributed by atoms with van der Waals surface area (Å²) < 4.78 is 0. The number of rotatable bonds is 2. The molecule has 0 bridgehead atoms. The van der Waals surface area contributed by atoms with Crippen LogP contribution in [0.1, 0.15) is 33.1 Å². The van der Waals surface area contributed by atoms with E-state index in [1.165, 1.54) is 45.4 Å². The van der Waals surface area contributed by atoms with Crippen LogP contribution in [0.2, 0.25) is 0 Å². The Kier molecular flexibility index (Phi) is 3.45. The summed E-state index contributed by atoms with van der Waals surface area (Å²) in [7, 11) is 0. The minimum Gasteiger partial charge on any atom is -0.314 e. The Hall–Kier alpha value is -0.0800. The molecule has 2 fully saturated rings. The number of nitrogens with zero attached hydrogens (tertiary/aromatic N) is 1. The van der Waals surface area contributed by atoms with Crippen molar-refractivity contribution in [1.29, 1.82) is 0 Å². The Bertz CT molecular complexity index is 179. The van der Waals surface area contributed by atoms with E-state index >= 15 is 0 Å². The van der Waals surface area contributed by atoms with E-state index in [0.29, 0.717) is 0 Å². The van der Waals surface area contributed by atoms with E-state index in [9.17, 15) is 0 Å². The molecule has 0 aromatic rings. The van der Waals surface area contributed by atoms with Gasteiger partial charge in [-0.3, -0.25) is 0 Å². The second-order valence-corrected chi connectivity index (χ2v) is 5.41. The molecule has 2 aliphatic heterocycles. The number of hydrogen-bond donors (Lipinski definition) is 1. The topological polar surface area (TPSA) is 15.3 Å². The van der Waals surface area contributed by atoms with Crippen LogP contribution in [0, 0.1) is 11.8 Å². The fraction of sp³-hybridized carbons (Fsp3) is 1.00. The Balaban J connectivity index is 1.83. The molecule has 14 heavy (non-hydrogen) atoms. The van der Waals surface area contributed by atoms with E-state index < -0.39 is 0 Å². The Labute approximate surface area is 88.1 Å². The molecule has 1 N–H and O–H groups in total. The summed E-state index contributed by atoms with van der Waals surface area (Å²) in [5.41, 5.74) is 0. The molecule has 2 nitrogen and oxygen atoms in total. The average Bonchev–Trinajstić information content (AvgIpc) is 2.17. The van der Waals surface area contributed by atoms with E-state index in [1.54, 1.807) is 0 Å². The molecule has 0 saturated carbocycles. The van der Waals surface area contributed by atoms with Gasteiger partial charge in [0, 0.05) is 19.1 Å². The number of likely N-dealkylation sites (tertiary alicyclic amines) is 1. The lowest BCUT2D eigenvalue weighted by atomic mass is 9.85. The van der Waals surface area contributed by atoms with E-state index in [2.05, 4.69) is 24.1 Å². The molecule has 0 spiro atoms. The van der Waals surface area contributed by atoms with Gasteiger partial charge in [-0.2, -0.15) is 0 Å². The van der Waals surface area contributed by atoms with Gasteiger partial charge in [0.2, 0.25) is 0 Å². The summed E-state index contributed by atoms with van der Waals surface area (Å²) in [5, 5.41) is 3.67. The zero-order chi connectivity index (χ0) is 9.97. The van der Waals surface area contributed by atoms with Gasteiger partial charge < -0.3 is 10.2 Å². The van der Waals surface area contributed by atoms with Gasteiger partial charge in [-0.1, -0.05) is 13.8 Å². The molecular formula is C12H24N2. The molecule has 2 heteroatoms. The number of piperidine rings is 2. The standard InChI is InChI=1S/C12H24N2/c1-10(2)8-14-7-5-12-11(9-14)4-3-6-13-12/h10-13H,3-9H2,1-2H3/t11-,12+/m1/s1. The van der Waals surface area contributed by atoms with E-state index in [4.69, 9.17) is 0 Å². The second kappa shape index (κ2) is 4.63. The summed E-state index contributed by atoms with van der Waals surface area (Å²) in [6.45, 7) is 9.85. The van der Waals surface area contributed by atoms with Gasteiger partial charge in [0.1, 0.15) is 0 Å². The smallest absolute Gasteiger partial charge is 0.0120 e. The zero-order valence-electron chi connectivity index (χ0n) is 9.63. The van der Waals surface area contributed by atoms with Gasteiger partial charge in [0.15, 0.2) is 0 Å². The van der Waals surface area contributed by atoms with Crippen molar-refractivity contribution in [1.82, 2.24) is 10.2 Å². The van der Waals surface area contributed by atoms with Gasteiger partial charge in [-0.25, -0.2) is 0 Å². The molecule has 2 heterocycles. The van der Waals surface area contributed by atoms with Crippen LogP contribution in [-0.4, -0.2) is 37.1 Å². The highest BCUT2D eigenvalue weighted by Gasteiger charge is 2.30. The summed E-state index contributed by atoms with van der Waals surface area (Å²) in [6, 6.07) is 0.840. The summed E-state index contributed by atoms with van der Waals surface area (Å²) in [5.74, 6) is 1.76. The van der Waals surface area contributed by atoms with Crippen molar-refractivity contribution >= 4 is 0 Å². The number of fused-ring (bicyclic) bond motifs is 1. The second-order valence-electron chi connectivity index (χ2n) is 5.41. The molecule has 2 rings (SSSR count). The van der Waals surface area contributed by atoms with Gasteiger partial charge in [-0.15, -0.1) is 0 Å². The number of nitrogens with one attached hydrogen (secondary N) is 1. The fourth-order valence-corrected chi connectivity index (χ4v) is 3.00. The molecule has 0 radical (unpaired) electrons. The lowest BCUT2D eigenvalue weighted by Crippen LogP contribution is -2.52. The number of hydrogen-bond acceptors (Lipinski definition) is 2.